The minimum Gasteiger partial charge on any atom is -0.422 e. The number of aryl methyl sites for hydroxylation is 2. The van der Waals surface area contributed by atoms with E-state index in [0.717, 1.165) is 52.5 Å². The molecule has 0 N–H and O–H groups in total. The van der Waals surface area contributed by atoms with Gasteiger partial charge in [0, 0.05) is 11.8 Å². The smallest absolute Gasteiger partial charge is 0.314 e. The van der Waals surface area contributed by atoms with Gasteiger partial charge in [-0.25, -0.2) is 4.39 Å². The van der Waals surface area contributed by atoms with Gasteiger partial charge < -0.3 is 9.53 Å². The van der Waals surface area contributed by atoms with Gasteiger partial charge in [0.1, 0.15) is 5.78 Å². The zero-order chi connectivity index (χ0) is 35.9. The van der Waals surface area contributed by atoms with Crippen molar-refractivity contribution >= 4 is 22.5 Å². The van der Waals surface area contributed by atoms with Gasteiger partial charge in [-0.3, -0.25) is 4.79 Å². The van der Waals surface area contributed by atoms with E-state index in [1.54, 1.807) is 6.92 Å². The van der Waals surface area contributed by atoms with E-state index in [1.165, 1.54) is 62.1 Å². The molecular weight excluding hydrogens is 607 g/mol. The molecule has 4 heteroatoms. The quantitative estimate of drug-likeness (QED) is 0.118. The molecule has 49 heavy (non-hydrogen) atoms. The summed E-state index contributed by atoms with van der Waals surface area (Å²) in [6.45, 7) is 15.5. The van der Waals surface area contributed by atoms with Crippen LogP contribution < -0.4 is 4.74 Å². The number of fused-ring (bicyclic) bond motifs is 1. The van der Waals surface area contributed by atoms with E-state index >= 15 is 4.39 Å². The van der Waals surface area contributed by atoms with Crippen molar-refractivity contribution in [1.29, 1.82) is 0 Å². The van der Waals surface area contributed by atoms with Crippen molar-refractivity contribution in [2.75, 3.05) is 0 Å². The maximum atomic E-state index is 15.7. The van der Waals surface area contributed by atoms with E-state index in [2.05, 4.69) is 67.6 Å². The first-order chi connectivity index (χ1) is 23.7. The Balaban J connectivity index is 0.000000735. The van der Waals surface area contributed by atoms with Crippen LogP contribution in [0.4, 0.5) is 4.39 Å². The van der Waals surface area contributed by atoms with Crippen molar-refractivity contribution in [3.05, 3.63) is 89.2 Å². The van der Waals surface area contributed by atoms with Crippen LogP contribution in [-0.4, -0.2) is 11.8 Å². The number of esters is 1. The monoisotopic (exact) mass is 666 g/mol. The highest BCUT2D eigenvalue weighted by atomic mass is 19.1. The minimum absolute atomic E-state index is 0.0312. The highest BCUT2D eigenvalue weighted by molar-refractivity contribution is 6.10. The third kappa shape index (κ3) is 10.6. The number of carbonyl (C=O) groups is 2. The number of carbonyl (C=O) groups excluding carboxylic acids is 2. The van der Waals surface area contributed by atoms with Gasteiger partial charge >= 0.3 is 5.97 Å². The second-order valence-corrected chi connectivity index (χ2v) is 13.4. The van der Waals surface area contributed by atoms with E-state index in [9.17, 15) is 9.59 Å². The van der Waals surface area contributed by atoms with Crippen molar-refractivity contribution in [2.24, 2.45) is 5.92 Å². The molecule has 1 saturated carbocycles. The molecule has 264 valence electrons. The van der Waals surface area contributed by atoms with Crippen LogP contribution in [-0.2, 0) is 16.0 Å². The minimum atomic E-state index is -0.501. The van der Waals surface area contributed by atoms with Crippen molar-refractivity contribution in [2.45, 2.75) is 132 Å². The summed E-state index contributed by atoms with van der Waals surface area (Å²) in [4.78, 5) is 23.0. The predicted octanol–water partition coefficient (Wildman–Crippen LogP) is 13.4. The Kier molecular flexibility index (Phi) is 16.2. The van der Waals surface area contributed by atoms with E-state index in [4.69, 9.17) is 4.74 Å². The van der Waals surface area contributed by atoms with Crippen LogP contribution in [0.1, 0.15) is 135 Å². The standard InChI is InChI=1S/C38H43FO2.C5H10O.C2H6/c1-5-7-11-27-14-16-30(17-15-27)32-22-23-33(31-20-18-29(19-21-31)28-12-9-8-10-13-28)36-35(32)26(4)24-34(39)37(36)41-38(40)25(3)6-2;1-3-4-5(2)6;1-2/h14-25,28H,5-13H2,1-4H3;3-4H2,1-2H3;1-2H3. The van der Waals surface area contributed by atoms with Crippen LogP contribution >= 0.6 is 0 Å². The van der Waals surface area contributed by atoms with Crippen molar-refractivity contribution in [3.8, 4) is 28.0 Å². The summed E-state index contributed by atoms with van der Waals surface area (Å²) in [5, 5.41) is 1.59. The lowest BCUT2D eigenvalue weighted by Crippen LogP contribution is -2.18. The van der Waals surface area contributed by atoms with Gasteiger partial charge in [-0.05, 0) is 109 Å². The van der Waals surface area contributed by atoms with Crippen LogP contribution in [0.3, 0.4) is 0 Å². The number of Topliss-reactive ketones (excluding diaryl/α,β-unsaturated/α-hetero) is 1. The molecule has 0 amide bonds. The summed E-state index contributed by atoms with van der Waals surface area (Å²) in [6.07, 6.45) is 12.2. The van der Waals surface area contributed by atoms with Crippen LogP contribution in [0, 0.1) is 18.7 Å². The fraction of sp³-hybridized carbons (Fsp3) is 0.467. The molecule has 0 bridgehead atoms. The normalized spacial score (nSPS) is 13.5. The maximum Gasteiger partial charge on any atom is 0.314 e. The van der Waals surface area contributed by atoms with Gasteiger partial charge in [0.25, 0.3) is 0 Å². The zero-order valence-electron chi connectivity index (χ0n) is 31.4. The number of halogens is 1. The Morgan fingerprint density at radius 2 is 1.39 bits per heavy atom. The Morgan fingerprint density at radius 3 is 1.90 bits per heavy atom. The van der Waals surface area contributed by atoms with Gasteiger partial charge in [0.2, 0.25) is 0 Å². The topological polar surface area (TPSA) is 43.4 Å². The molecule has 3 nitrogen and oxygen atoms in total. The van der Waals surface area contributed by atoms with Gasteiger partial charge in [-0.2, -0.15) is 0 Å². The lowest BCUT2D eigenvalue weighted by Gasteiger charge is -2.22. The summed E-state index contributed by atoms with van der Waals surface area (Å²) in [5.41, 5.74) is 7.50. The number of unbranched alkanes of at least 4 members (excludes halogenated alkanes) is 1. The molecule has 5 rings (SSSR count). The lowest BCUT2D eigenvalue weighted by atomic mass is 9.83. The van der Waals surface area contributed by atoms with Gasteiger partial charge in [-0.15, -0.1) is 0 Å². The Hall–Kier alpha value is -3.79. The maximum absolute atomic E-state index is 15.7. The van der Waals surface area contributed by atoms with E-state index < -0.39 is 11.8 Å². The zero-order valence-corrected chi connectivity index (χ0v) is 31.4. The molecule has 1 fully saturated rings. The highest BCUT2D eigenvalue weighted by Crippen LogP contribution is 2.44. The largest absolute Gasteiger partial charge is 0.422 e. The summed E-state index contributed by atoms with van der Waals surface area (Å²) < 4.78 is 21.6. The Morgan fingerprint density at radius 1 is 0.816 bits per heavy atom. The number of ketones is 1. The fourth-order valence-corrected chi connectivity index (χ4v) is 6.60. The fourth-order valence-electron chi connectivity index (χ4n) is 6.60. The number of ether oxygens (including phenoxy) is 1. The molecule has 1 atom stereocenters. The number of hydrogen-bond donors (Lipinski definition) is 0. The van der Waals surface area contributed by atoms with Crippen LogP contribution in [0.15, 0.2) is 66.7 Å². The van der Waals surface area contributed by atoms with E-state index in [-0.39, 0.29) is 17.5 Å². The van der Waals surface area contributed by atoms with Crippen molar-refractivity contribution < 1.29 is 18.7 Å². The first-order valence-electron chi connectivity index (χ1n) is 18.8. The average Bonchev–Trinajstić information content (AvgIpc) is 3.13. The van der Waals surface area contributed by atoms with Gasteiger partial charge in [0.15, 0.2) is 11.6 Å². The lowest BCUT2D eigenvalue weighted by molar-refractivity contribution is -0.138. The SMILES string of the molecule is CC.CCCC(C)=O.CCCCc1ccc(-c2ccc(-c3ccc(C4CCCCC4)cc3)c3c(OC(=O)C(C)CC)c(F)cc(C)c23)cc1. The van der Waals surface area contributed by atoms with Crippen molar-refractivity contribution in [3.63, 3.8) is 0 Å². The second kappa shape index (κ2) is 20.0. The molecule has 0 aromatic heterocycles. The Bertz CT molecular complexity index is 1630. The highest BCUT2D eigenvalue weighted by Gasteiger charge is 2.24. The molecule has 1 aliphatic rings. The molecule has 0 saturated heterocycles. The number of rotatable bonds is 11. The van der Waals surface area contributed by atoms with Gasteiger partial charge in [-0.1, -0.05) is 128 Å². The third-order valence-corrected chi connectivity index (χ3v) is 9.59. The molecule has 1 unspecified atom stereocenters. The number of benzene rings is 4. The predicted molar refractivity (Wildman–Crippen MR) is 206 cm³/mol. The summed E-state index contributed by atoms with van der Waals surface area (Å²) in [6, 6.07) is 23.2. The molecule has 0 heterocycles. The van der Waals surface area contributed by atoms with Crippen LogP contribution in [0.25, 0.3) is 33.0 Å². The molecular formula is C45H59FO3. The summed E-state index contributed by atoms with van der Waals surface area (Å²) in [7, 11) is 0. The molecule has 4 aromatic carbocycles. The van der Waals surface area contributed by atoms with Gasteiger partial charge in [0.05, 0.1) is 5.92 Å². The summed E-state index contributed by atoms with van der Waals surface area (Å²) >= 11 is 0. The van der Waals surface area contributed by atoms with Crippen LogP contribution in [0.2, 0.25) is 0 Å². The van der Waals surface area contributed by atoms with Crippen molar-refractivity contribution in [1.82, 2.24) is 0 Å². The number of hydrogen-bond acceptors (Lipinski definition) is 3. The molecule has 4 aromatic rings. The summed E-state index contributed by atoms with van der Waals surface area (Å²) in [5.74, 6) is -0.285. The van der Waals surface area contributed by atoms with E-state index in [0.29, 0.717) is 17.7 Å². The molecule has 1 aliphatic carbocycles. The third-order valence-electron chi connectivity index (χ3n) is 9.59. The second-order valence-electron chi connectivity index (χ2n) is 13.4. The average molecular weight is 667 g/mol. The molecule has 0 spiro atoms. The van der Waals surface area contributed by atoms with E-state index in [1.807, 2.05) is 41.5 Å². The van der Waals surface area contributed by atoms with Crippen LogP contribution in [0.5, 0.6) is 5.75 Å². The first-order valence-corrected chi connectivity index (χ1v) is 18.8. The Labute approximate surface area is 295 Å². The first kappa shape index (κ1) is 39.6. The molecule has 0 aliphatic heterocycles. The molecule has 0 radical (unpaired) electrons.